The summed E-state index contributed by atoms with van der Waals surface area (Å²) < 4.78 is 0. The summed E-state index contributed by atoms with van der Waals surface area (Å²) in [5, 5.41) is 9.73. The van der Waals surface area contributed by atoms with E-state index in [1.807, 2.05) is 30.3 Å². The molecule has 0 bridgehead atoms. The number of imide groups is 1. The van der Waals surface area contributed by atoms with E-state index >= 15 is 0 Å². The third kappa shape index (κ3) is 3.32. The molecule has 0 radical (unpaired) electrons. The molecule has 0 saturated carbocycles. The van der Waals surface area contributed by atoms with Gasteiger partial charge in [0.05, 0.1) is 17.2 Å². The molecule has 7 heteroatoms. The Morgan fingerprint density at radius 1 is 0.935 bits per heavy atom. The number of rotatable bonds is 6. The molecule has 1 fully saturated rings. The fourth-order valence-corrected chi connectivity index (χ4v) is 4.26. The van der Waals surface area contributed by atoms with Crippen LogP contribution >= 0.6 is 0 Å². The van der Waals surface area contributed by atoms with E-state index < -0.39 is 41.8 Å². The van der Waals surface area contributed by atoms with Gasteiger partial charge in [0.15, 0.2) is 0 Å². The number of likely N-dealkylation sites (tertiary alicyclic amines) is 1. The summed E-state index contributed by atoms with van der Waals surface area (Å²) in [5.74, 6) is -3.08. The second kappa shape index (κ2) is 7.83. The van der Waals surface area contributed by atoms with Crippen molar-refractivity contribution in [2.75, 3.05) is 0 Å². The van der Waals surface area contributed by atoms with Crippen molar-refractivity contribution in [1.29, 1.82) is 0 Å². The van der Waals surface area contributed by atoms with Crippen LogP contribution in [-0.2, 0) is 9.59 Å². The third-order valence-corrected chi connectivity index (χ3v) is 5.73. The number of carbonyl (C=O) groups is 4. The number of β-lactam (4-membered cyclic amide) rings is 1. The van der Waals surface area contributed by atoms with Crippen LogP contribution < -0.4 is 0 Å². The number of carboxylic acids is 1. The molecule has 7 nitrogen and oxygen atoms in total. The van der Waals surface area contributed by atoms with E-state index in [2.05, 4.69) is 0 Å². The first-order valence-electron chi connectivity index (χ1n) is 10.1. The second-order valence-electron chi connectivity index (χ2n) is 8.00. The Kier molecular flexibility index (Phi) is 5.19. The molecule has 31 heavy (non-hydrogen) atoms. The van der Waals surface area contributed by atoms with Crippen LogP contribution in [-0.4, -0.2) is 56.7 Å². The van der Waals surface area contributed by atoms with E-state index in [4.69, 9.17) is 0 Å². The number of amides is 3. The minimum atomic E-state index is -1.12. The highest BCUT2D eigenvalue weighted by molar-refractivity contribution is 6.23. The molecule has 1 saturated heterocycles. The molecular weight excluding hydrogens is 396 g/mol. The largest absolute Gasteiger partial charge is 0.480 e. The smallest absolute Gasteiger partial charge is 0.326 e. The zero-order valence-electron chi connectivity index (χ0n) is 17.1. The van der Waals surface area contributed by atoms with E-state index in [1.165, 1.54) is 4.90 Å². The van der Waals surface area contributed by atoms with Crippen LogP contribution in [0.3, 0.4) is 0 Å². The highest BCUT2D eigenvalue weighted by Crippen LogP contribution is 2.36. The first kappa shape index (κ1) is 20.5. The summed E-state index contributed by atoms with van der Waals surface area (Å²) in [6, 6.07) is 12.9. The van der Waals surface area contributed by atoms with E-state index in [0.29, 0.717) is 0 Å². The fourth-order valence-electron chi connectivity index (χ4n) is 4.26. The number of carbonyl (C=O) groups excluding carboxylic acids is 3. The van der Waals surface area contributed by atoms with Crippen LogP contribution in [0.4, 0.5) is 0 Å². The van der Waals surface area contributed by atoms with Crippen molar-refractivity contribution in [3.05, 3.63) is 77.4 Å². The van der Waals surface area contributed by atoms with Gasteiger partial charge in [0.2, 0.25) is 5.91 Å². The van der Waals surface area contributed by atoms with Gasteiger partial charge in [0.1, 0.15) is 12.1 Å². The molecule has 158 valence electrons. The predicted octanol–water partition coefficient (Wildman–Crippen LogP) is 2.68. The zero-order valence-corrected chi connectivity index (χ0v) is 17.1. The van der Waals surface area contributed by atoms with Crippen molar-refractivity contribution in [2.45, 2.75) is 32.0 Å². The van der Waals surface area contributed by atoms with Crippen molar-refractivity contribution < 1.29 is 24.3 Å². The summed E-state index contributed by atoms with van der Waals surface area (Å²) in [4.78, 5) is 53.2. The molecular formula is C24H22N2O5. The maximum Gasteiger partial charge on any atom is 0.326 e. The summed E-state index contributed by atoms with van der Waals surface area (Å²) in [6.07, 6.45) is 3.47. The Morgan fingerprint density at radius 3 is 2.00 bits per heavy atom. The molecule has 2 aliphatic heterocycles. The second-order valence-corrected chi connectivity index (χ2v) is 8.00. The maximum atomic E-state index is 13.1. The van der Waals surface area contributed by atoms with Gasteiger partial charge in [-0.15, -0.1) is 0 Å². The van der Waals surface area contributed by atoms with Crippen LogP contribution in [0.5, 0.6) is 0 Å². The number of fused-ring (bicyclic) bond motifs is 1. The quantitative estimate of drug-likeness (QED) is 0.575. The van der Waals surface area contributed by atoms with Gasteiger partial charge in [-0.05, 0) is 23.6 Å². The molecule has 2 unspecified atom stereocenters. The Bertz CT molecular complexity index is 1060. The Hall–Kier alpha value is -3.74. The number of aliphatic carboxylic acids is 1. The van der Waals surface area contributed by atoms with Crippen molar-refractivity contribution in [3.63, 3.8) is 0 Å². The normalized spacial score (nSPS) is 21.6. The van der Waals surface area contributed by atoms with Gasteiger partial charge in [-0.2, -0.15) is 0 Å². The molecule has 0 aliphatic carbocycles. The highest BCUT2D eigenvalue weighted by atomic mass is 16.4. The topological polar surface area (TPSA) is 95.0 Å². The fraction of sp³-hybridized carbons (Fsp3) is 0.250. The van der Waals surface area contributed by atoms with Crippen molar-refractivity contribution in [2.24, 2.45) is 5.92 Å². The molecule has 3 atom stereocenters. The van der Waals surface area contributed by atoms with Gasteiger partial charge in [0.25, 0.3) is 11.8 Å². The van der Waals surface area contributed by atoms with E-state index in [1.54, 1.807) is 50.3 Å². The van der Waals surface area contributed by atoms with Gasteiger partial charge in [-0.1, -0.05) is 68.5 Å². The van der Waals surface area contributed by atoms with Gasteiger partial charge in [-0.25, -0.2) is 4.79 Å². The van der Waals surface area contributed by atoms with Gasteiger partial charge >= 0.3 is 5.97 Å². The Labute approximate surface area is 179 Å². The van der Waals surface area contributed by atoms with Gasteiger partial charge in [0, 0.05) is 0 Å². The molecule has 2 aromatic rings. The first-order valence-corrected chi connectivity index (χ1v) is 10.1. The lowest BCUT2D eigenvalue weighted by Crippen LogP contribution is -2.74. The molecule has 2 aromatic carbocycles. The zero-order chi connectivity index (χ0) is 22.3. The van der Waals surface area contributed by atoms with Gasteiger partial charge < -0.3 is 10.0 Å². The summed E-state index contributed by atoms with van der Waals surface area (Å²) in [7, 11) is 0. The van der Waals surface area contributed by atoms with Crippen LogP contribution in [0, 0.1) is 5.92 Å². The minimum Gasteiger partial charge on any atom is -0.480 e. The SMILES string of the molecule is CC(C)[C@H](C(=O)O)N1C(=O)C(N2C(=O)c3ccccc3C2=O)C1C=Cc1ccccc1. The first-order chi connectivity index (χ1) is 14.8. The summed E-state index contributed by atoms with van der Waals surface area (Å²) in [5.41, 5.74) is 1.37. The van der Waals surface area contributed by atoms with Crippen LogP contribution in [0.2, 0.25) is 0 Å². The van der Waals surface area contributed by atoms with Crippen molar-refractivity contribution in [3.8, 4) is 0 Å². The Morgan fingerprint density at radius 2 is 1.48 bits per heavy atom. The van der Waals surface area contributed by atoms with E-state index in [9.17, 15) is 24.3 Å². The number of nitrogens with zero attached hydrogens (tertiary/aromatic N) is 2. The molecule has 4 rings (SSSR count). The van der Waals surface area contributed by atoms with Crippen molar-refractivity contribution in [1.82, 2.24) is 9.80 Å². The molecule has 2 aliphatic rings. The maximum absolute atomic E-state index is 13.1. The van der Waals surface area contributed by atoms with Crippen molar-refractivity contribution >= 4 is 29.8 Å². The average molecular weight is 418 g/mol. The molecule has 0 spiro atoms. The molecule has 3 amide bonds. The minimum absolute atomic E-state index is 0.253. The monoisotopic (exact) mass is 418 g/mol. The van der Waals surface area contributed by atoms with E-state index in [0.717, 1.165) is 10.5 Å². The number of hydrogen-bond donors (Lipinski definition) is 1. The standard InChI is InChI=1S/C24H22N2O5/c1-14(2)19(24(30)31)25-18(13-12-15-8-4-3-5-9-15)20(23(25)29)26-21(27)16-10-6-7-11-17(16)22(26)28/h3-14,18-20H,1-2H3,(H,30,31)/t18?,19-,20?/m1/s1. The highest BCUT2D eigenvalue weighted by Gasteiger charge is 2.58. The molecule has 2 heterocycles. The number of carboxylic acid groups (broad SMARTS) is 1. The molecule has 0 aromatic heterocycles. The van der Waals surface area contributed by atoms with Crippen LogP contribution in [0.15, 0.2) is 60.7 Å². The van der Waals surface area contributed by atoms with Crippen LogP contribution in [0.1, 0.15) is 40.1 Å². The Balaban J connectivity index is 1.72. The number of hydrogen-bond acceptors (Lipinski definition) is 4. The predicted molar refractivity (Wildman–Crippen MR) is 113 cm³/mol. The van der Waals surface area contributed by atoms with E-state index in [-0.39, 0.29) is 17.0 Å². The molecule has 1 N–H and O–H groups in total. The van der Waals surface area contributed by atoms with Gasteiger partial charge in [-0.3, -0.25) is 19.3 Å². The number of benzene rings is 2. The summed E-state index contributed by atoms with van der Waals surface area (Å²) >= 11 is 0. The lowest BCUT2D eigenvalue weighted by atomic mass is 9.87. The lowest BCUT2D eigenvalue weighted by molar-refractivity contribution is -0.168. The summed E-state index contributed by atoms with van der Waals surface area (Å²) in [6.45, 7) is 3.44. The lowest BCUT2D eigenvalue weighted by Gasteiger charge is -2.51. The average Bonchev–Trinajstić information content (AvgIpc) is 3.00. The third-order valence-electron chi connectivity index (χ3n) is 5.73. The van der Waals surface area contributed by atoms with Crippen LogP contribution in [0.25, 0.3) is 6.08 Å².